The van der Waals surface area contributed by atoms with E-state index in [0.29, 0.717) is 0 Å². The first-order valence-corrected chi connectivity index (χ1v) is 3.34. The van der Waals surface area contributed by atoms with Gasteiger partial charge in [0.2, 0.25) is 0 Å². The largest absolute Gasteiger partial charge is 1.00 e. The molecular formula is C6H12KN2NaO4. The number of hydrogen-bond donors (Lipinski definition) is 2. The molecule has 0 atom stereocenters. The molecule has 0 saturated heterocycles. The Morgan fingerprint density at radius 2 is 1.14 bits per heavy atom. The Bertz CT molecular complexity index is 132. The molecule has 0 saturated carbocycles. The van der Waals surface area contributed by atoms with Crippen molar-refractivity contribution in [3.05, 3.63) is 0 Å². The molecule has 0 aliphatic rings. The summed E-state index contributed by atoms with van der Waals surface area (Å²) in [6, 6.07) is 0. The van der Waals surface area contributed by atoms with Crippen LogP contribution in [0.4, 0.5) is 0 Å². The van der Waals surface area contributed by atoms with E-state index in [-0.39, 0.29) is 107 Å². The summed E-state index contributed by atoms with van der Waals surface area (Å²) in [5.74, 6) is -2.17. The number of carbonyl (C=O) groups is 2. The van der Waals surface area contributed by atoms with Gasteiger partial charge in [-0.1, -0.05) is 0 Å². The second kappa shape index (κ2) is 20.0. The fraction of sp³-hybridized carbons (Fsp3) is 0.667. The normalized spacial score (nSPS) is 7.00. The maximum Gasteiger partial charge on any atom is 1.00 e. The van der Waals surface area contributed by atoms with Gasteiger partial charge in [-0.2, -0.15) is 0 Å². The van der Waals surface area contributed by atoms with E-state index < -0.39 is 11.9 Å². The van der Waals surface area contributed by atoms with Crippen molar-refractivity contribution in [2.45, 2.75) is 12.8 Å². The third-order valence-electron chi connectivity index (χ3n) is 0.697. The number of rotatable bonds is 4. The minimum absolute atomic E-state index is 0. The number of carboxylic acids is 2. The van der Waals surface area contributed by atoms with Crippen molar-refractivity contribution in [1.29, 1.82) is 0 Å². The first-order chi connectivity index (χ1) is 5.54. The summed E-state index contributed by atoms with van der Waals surface area (Å²) in [4.78, 5) is 18.8. The van der Waals surface area contributed by atoms with Gasteiger partial charge in [0.25, 0.3) is 0 Å². The van der Waals surface area contributed by atoms with Gasteiger partial charge >= 0.3 is 80.9 Å². The zero-order chi connectivity index (χ0) is 9.98. The van der Waals surface area contributed by atoms with Gasteiger partial charge < -0.3 is 31.3 Å². The number of nitrogens with two attached hydrogens (primary N) is 2. The summed E-state index contributed by atoms with van der Waals surface area (Å²) in [5, 5.41) is 18.8. The molecule has 0 heterocycles. The second-order valence-corrected chi connectivity index (χ2v) is 1.82. The monoisotopic (exact) mass is 238 g/mol. The molecule has 0 amide bonds. The second-order valence-electron chi connectivity index (χ2n) is 1.82. The van der Waals surface area contributed by atoms with Gasteiger partial charge in [0.15, 0.2) is 0 Å². The maximum atomic E-state index is 9.41. The van der Waals surface area contributed by atoms with Gasteiger partial charge in [-0.05, 0) is 25.9 Å². The topological polar surface area (TPSA) is 132 Å². The molecule has 0 unspecified atom stereocenters. The molecule has 0 bridgehead atoms. The quantitative estimate of drug-likeness (QED) is 0.467. The van der Waals surface area contributed by atoms with Crippen LogP contribution < -0.4 is 103 Å². The Labute approximate surface area is 147 Å². The van der Waals surface area contributed by atoms with Gasteiger partial charge in [0, 0.05) is 11.9 Å². The summed E-state index contributed by atoms with van der Waals surface area (Å²) in [5.41, 5.74) is 9.62. The van der Waals surface area contributed by atoms with E-state index in [0.717, 1.165) is 0 Å². The van der Waals surface area contributed by atoms with Gasteiger partial charge in [0.05, 0.1) is 0 Å². The Morgan fingerprint density at radius 3 is 1.14 bits per heavy atom. The van der Waals surface area contributed by atoms with Crippen molar-refractivity contribution < 1.29 is 101 Å². The first-order valence-electron chi connectivity index (χ1n) is 3.34. The fourth-order valence-corrected chi connectivity index (χ4v) is 0.236. The SMILES string of the molecule is NCCC(=O)[O-].NCCC(=O)[O-].[K+].[Na+]. The molecule has 0 aromatic heterocycles. The standard InChI is InChI=1S/2C3H7NO2.K.Na/c2*4-2-1-3(5)6;;/h2*1-2,4H2,(H,5,6);;/q;;2*+1/p-2. The van der Waals surface area contributed by atoms with Crippen LogP contribution in [-0.2, 0) is 9.59 Å². The summed E-state index contributed by atoms with van der Waals surface area (Å²) in [6.07, 6.45) is -0.0833. The molecule has 0 fully saturated rings. The molecule has 72 valence electrons. The molecule has 14 heavy (non-hydrogen) atoms. The van der Waals surface area contributed by atoms with E-state index >= 15 is 0 Å². The molecule has 8 heteroatoms. The molecule has 0 radical (unpaired) electrons. The third-order valence-corrected chi connectivity index (χ3v) is 0.697. The van der Waals surface area contributed by atoms with Crippen molar-refractivity contribution in [2.75, 3.05) is 13.1 Å². The first kappa shape index (κ1) is 24.6. The smallest absolute Gasteiger partial charge is 0.550 e. The van der Waals surface area contributed by atoms with Crippen LogP contribution in [0.15, 0.2) is 0 Å². The zero-order valence-corrected chi connectivity index (χ0v) is 13.7. The van der Waals surface area contributed by atoms with Crippen molar-refractivity contribution in [1.82, 2.24) is 0 Å². The number of hydrogen-bond acceptors (Lipinski definition) is 6. The molecule has 6 nitrogen and oxygen atoms in total. The molecule has 0 rings (SSSR count). The summed E-state index contributed by atoms with van der Waals surface area (Å²) in [6.45, 7) is 0.338. The average Bonchev–Trinajstić information content (AvgIpc) is 1.87. The number of carboxylic acid groups (broad SMARTS) is 2. The molecule has 0 aromatic carbocycles. The van der Waals surface area contributed by atoms with Crippen LogP contribution >= 0.6 is 0 Å². The molecule has 4 N–H and O–H groups in total. The van der Waals surface area contributed by atoms with E-state index in [2.05, 4.69) is 0 Å². The molecular weight excluding hydrogens is 226 g/mol. The Kier molecular flexibility index (Phi) is 35.2. The van der Waals surface area contributed by atoms with E-state index in [4.69, 9.17) is 11.5 Å². The molecule has 0 aromatic rings. The minimum atomic E-state index is -1.09. The van der Waals surface area contributed by atoms with Gasteiger partial charge in [-0.3, -0.25) is 0 Å². The predicted octanol–water partition coefficient (Wildman–Crippen LogP) is -9.82. The van der Waals surface area contributed by atoms with Crippen molar-refractivity contribution in [3.8, 4) is 0 Å². The van der Waals surface area contributed by atoms with Crippen LogP contribution in [0.5, 0.6) is 0 Å². The van der Waals surface area contributed by atoms with Crippen LogP contribution in [0.3, 0.4) is 0 Å². The van der Waals surface area contributed by atoms with E-state index in [1.807, 2.05) is 0 Å². The van der Waals surface area contributed by atoms with Crippen molar-refractivity contribution in [2.24, 2.45) is 11.5 Å². The van der Waals surface area contributed by atoms with Gasteiger partial charge in [-0.25, -0.2) is 0 Å². The zero-order valence-electron chi connectivity index (χ0n) is 8.62. The summed E-state index contributed by atoms with van der Waals surface area (Å²) in [7, 11) is 0. The molecule has 0 aliphatic heterocycles. The van der Waals surface area contributed by atoms with Crippen molar-refractivity contribution >= 4 is 11.9 Å². The van der Waals surface area contributed by atoms with Gasteiger partial charge in [-0.15, -0.1) is 0 Å². The predicted molar refractivity (Wildman–Crippen MR) is 37.4 cm³/mol. The van der Waals surface area contributed by atoms with Crippen LogP contribution in [0.2, 0.25) is 0 Å². The summed E-state index contributed by atoms with van der Waals surface area (Å²) < 4.78 is 0. The van der Waals surface area contributed by atoms with E-state index in [1.54, 1.807) is 0 Å². The van der Waals surface area contributed by atoms with Crippen LogP contribution in [-0.4, -0.2) is 25.0 Å². The molecule has 0 aliphatic carbocycles. The van der Waals surface area contributed by atoms with E-state index in [9.17, 15) is 19.8 Å². The average molecular weight is 238 g/mol. The number of carbonyl (C=O) groups excluding carboxylic acids is 2. The molecule has 0 spiro atoms. The van der Waals surface area contributed by atoms with E-state index in [1.165, 1.54) is 0 Å². The van der Waals surface area contributed by atoms with Crippen LogP contribution in [0, 0.1) is 0 Å². The van der Waals surface area contributed by atoms with Crippen LogP contribution in [0.25, 0.3) is 0 Å². The Hall–Kier alpha value is 1.50. The Balaban J connectivity index is -0.0000000625. The Morgan fingerprint density at radius 1 is 0.929 bits per heavy atom. The number of aliphatic carboxylic acids is 2. The third kappa shape index (κ3) is 37.5. The van der Waals surface area contributed by atoms with Crippen LogP contribution in [0.1, 0.15) is 12.8 Å². The van der Waals surface area contributed by atoms with Gasteiger partial charge in [0.1, 0.15) is 0 Å². The van der Waals surface area contributed by atoms with Crippen molar-refractivity contribution in [3.63, 3.8) is 0 Å². The minimum Gasteiger partial charge on any atom is -0.550 e. The fourth-order valence-electron chi connectivity index (χ4n) is 0.236. The summed E-state index contributed by atoms with van der Waals surface area (Å²) >= 11 is 0. The maximum absolute atomic E-state index is 9.41.